The van der Waals surface area contributed by atoms with Crippen molar-refractivity contribution in [1.29, 1.82) is 0 Å². The molecule has 1 aromatic heterocycles. The summed E-state index contributed by atoms with van der Waals surface area (Å²) in [5.74, 6) is 2.18. The second-order valence-electron chi connectivity index (χ2n) is 5.95. The van der Waals surface area contributed by atoms with E-state index in [-0.39, 0.29) is 5.91 Å². The zero-order valence-electron chi connectivity index (χ0n) is 13.8. The van der Waals surface area contributed by atoms with Crippen LogP contribution in [0.3, 0.4) is 0 Å². The van der Waals surface area contributed by atoms with E-state index in [0.717, 1.165) is 70.5 Å². The number of piperazine rings is 1. The Bertz CT molecular complexity index is 525. The van der Waals surface area contributed by atoms with E-state index in [1.807, 2.05) is 11.8 Å². The molecule has 0 N–H and O–H groups in total. The fourth-order valence-corrected chi connectivity index (χ4v) is 3.03. The van der Waals surface area contributed by atoms with Gasteiger partial charge < -0.3 is 19.4 Å². The van der Waals surface area contributed by atoms with Crippen molar-refractivity contribution in [1.82, 2.24) is 14.9 Å². The van der Waals surface area contributed by atoms with Crippen molar-refractivity contribution in [2.24, 2.45) is 0 Å². The van der Waals surface area contributed by atoms with Gasteiger partial charge in [-0.05, 0) is 6.42 Å². The number of aromatic nitrogens is 2. The van der Waals surface area contributed by atoms with E-state index in [4.69, 9.17) is 4.74 Å². The first-order chi connectivity index (χ1) is 11.3. The molecule has 7 heteroatoms. The van der Waals surface area contributed by atoms with Gasteiger partial charge in [-0.3, -0.25) is 4.79 Å². The van der Waals surface area contributed by atoms with E-state index in [0.29, 0.717) is 6.42 Å². The Morgan fingerprint density at radius 2 is 1.65 bits per heavy atom. The van der Waals surface area contributed by atoms with Gasteiger partial charge in [0.1, 0.15) is 18.0 Å². The quantitative estimate of drug-likeness (QED) is 0.817. The highest BCUT2D eigenvalue weighted by Gasteiger charge is 2.22. The van der Waals surface area contributed by atoms with Crippen LogP contribution in [0.5, 0.6) is 0 Å². The lowest BCUT2D eigenvalue weighted by Gasteiger charge is -2.36. The van der Waals surface area contributed by atoms with Gasteiger partial charge in [0.2, 0.25) is 5.91 Å². The summed E-state index contributed by atoms with van der Waals surface area (Å²) in [7, 11) is 0. The maximum Gasteiger partial charge on any atom is 0.222 e. The van der Waals surface area contributed by atoms with Crippen molar-refractivity contribution in [3.05, 3.63) is 12.4 Å². The fourth-order valence-electron chi connectivity index (χ4n) is 3.03. The second kappa shape index (κ2) is 7.59. The lowest BCUT2D eigenvalue weighted by molar-refractivity contribution is -0.131. The fraction of sp³-hybridized carbons (Fsp3) is 0.688. The maximum atomic E-state index is 12.0. The number of hydrogen-bond acceptors (Lipinski definition) is 6. The zero-order valence-corrected chi connectivity index (χ0v) is 13.8. The summed E-state index contributed by atoms with van der Waals surface area (Å²) in [6.07, 6.45) is 3.19. The molecule has 3 rings (SSSR count). The number of carbonyl (C=O) groups is 1. The van der Waals surface area contributed by atoms with Gasteiger partial charge in [-0.25, -0.2) is 9.97 Å². The van der Waals surface area contributed by atoms with Crippen LogP contribution in [0.25, 0.3) is 0 Å². The maximum absolute atomic E-state index is 12.0. The monoisotopic (exact) mass is 319 g/mol. The number of amides is 1. The van der Waals surface area contributed by atoms with E-state index in [1.165, 1.54) is 0 Å². The molecule has 0 bridgehead atoms. The molecule has 0 aromatic carbocycles. The Kier molecular flexibility index (Phi) is 5.27. The average Bonchev–Trinajstić information content (AvgIpc) is 2.63. The molecule has 0 saturated carbocycles. The number of carbonyl (C=O) groups excluding carboxylic acids is 1. The zero-order chi connectivity index (χ0) is 16.1. The summed E-state index contributed by atoms with van der Waals surface area (Å²) in [5, 5.41) is 0. The van der Waals surface area contributed by atoms with E-state index < -0.39 is 0 Å². The summed E-state index contributed by atoms with van der Waals surface area (Å²) < 4.78 is 5.39. The molecule has 23 heavy (non-hydrogen) atoms. The van der Waals surface area contributed by atoms with Crippen molar-refractivity contribution >= 4 is 17.5 Å². The largest absolute Gasteiger partial charge is 0.378 e. The van der Waals surface area contributed by atoms with Crippen molar-refractivity contribution in [3.63, 3.8) is 0 Å². The Morgan fingerprint density at radius 1 is 1.04 bits per heavy atom. The van der Waals surface area contributed by atoms with Crippen LogP contribution in [0.15, 0.2) is 12.4 Å². The van der Waals surface area contributed by atoms with Gasteiger partial charge in [0.05, 0.1) is 13.2 Å². The third-order valence-electron chi connectivity index (χ3n) is 4.39. The van der Waals surface area contributed by atoms with Gasteiger partial charge in [0.25, 0.3) is 0 Å². The Balaban J connectivity index is 1.61. The molecular formula is C16H25N5O2. The molecule has 7 nitrogen and oxygen atoms in total. The molecular weight excluding hydrogens is 294 g/mol. The molecule has 0 spiro atoms. The third-order valence-corrected chi connectivity index (χ3v) is 4.39. The van der Waals surface area contributed by atoms with Crippen LogP contribution >= 0.6 is 0 Å². The summed E-state index contributed by atoms with van der Waals surface area (Å²) in [6, 6.07) is 2.05. The molecule has 0 atom stereocenters. The minimum atomic E-state index is 0.267. The minimum Gasteiger partial charge on any atom is -0.378 e. The van der Waals surface area contributed by atoms with Crippen molar-refractivity contribution < 1.29 is 9.53 Å². The van der Waals surface area contributed by atoms with Crippen LogP contribution in [0.2, 0.25) is 0 Å². The van der Waals surface area contributed by atoms with Crippen LogP contribution in [-0.2, 0) is 9.53 Å². The second-order valence-corrected chi connectivity index (χ2v) is 5.95. The summed E-state index contributed by atoms with van der Waals surface area (Å²) in [4.78, 5) is 27.2. The van der Waals surface area contributed by atoms with E-state index in [2.05, 4.69) is 25.8 Å². The Labute approximate surface area is 137 Å². The normalized spacial score (nSPS) is 19.1. The number of rotatable bonds is 4. The predicted octanol–water partition coefficient (Wildman–Crippen LogP) is 0.762. The average molecular weight is 319 g/mol. The molecule has 2 fully saturated rings. The molecule has 0 radical (unpaired) electrons. The molecule has 0 aliphatic carbocycles. The summed E-state index contributed by atoms with van der Waals surface area (Å²) in [5.41, 5.74) is 0. The van der Waals surface area contributed by atoms with Gasteiger partial charge >= 0.3 is 0 Å². The molecule has 2 aliphatic rings. The van der Waals surface area contributed by atoms with Gasteiger partial charge in [-0.1, -0.05) is 6.92 Å². The van der Waals surface area contributed by atoms with E-state index >= 15 is 0 Å². The van der Waals surface area contributed by atoms with Crippen LogP contribution in [0.1, 0.15) is 19.8 Å². The summed E-state index contributed by atoms with van der Waals surface area (Å²) >= 11 is 0. The highest BCUT2D eigenvalue weighted by Crippen LogP contribution is 2.20. The third kappa shape index (κ3) is 3.90. The van der Waals surface area contributed by atoms with Gasteiger partial charge in [-0.2, -0.15) is 0 Å². The molecule has 126 valence electrons. The summed E-state index contributed by atoms with van der Waals surface area (Å²) in [6.45, 7) is 8.48. The van der Waals surface area contributed by atoms with Crippen LogP contribution in [0, 0.1) is 0 Å². The Hall–Kier alpha value is -1.89. The number of anilines is 2. The van der Waals surface area contributed by atoms with E-state index in [1.54, 1.807) is 6.33 Å². The van der Waals surface area contributed by atoms with Gasteiger partial charge in [-0.15, -0.1) is 0 Å². The van der Waals surface area contributed by atoms with Crippen molar-refractivity contribution in [2.45, 2.75) is 19.8 Å². The standard InChI is InChI=1S/C16H25N5O2/c1-2-3-16(22)21-6-4-19(5-7-21)14-12-15(18-13-17-14)20-8-10-23-11-9-20/h12-13H,2-11H2,1H3. The van der Waals surface area contributed by atoms with Crippen LogP contribution in [0.4, 0.5) is 11.6 Å². The topological polar surface area (TPSA) is 61.8 Å². The first-order valence-corrected chi connectivity index (χ1v) is 8.45. The lowest BCUT2D eigenvalue weighted by Crippen LogP contribution is -2.49. The molecule has 2 saturated heterocycles. The number of hydrogen-bond donors (Lipinski definition) is 0. The predicted molar refractivity (Wildman–Crippen MR) is 88.8 cm³/mol. The molecule has 1 amide bonds. The molecule has 0 unspecified atom stereocenters. The lowest BCUT2D eigenvalue weighted by atomic mass is 10.2. The molecule has 3 heterocycles. The van der Waals surface area contributed by atoms with Gasteiger partial charge in [0.15, 0.2) is 0 Å². The molecule has 1 aromatic rings. The van der Waals surface area contributed by atoms with Gasteiger partial charge in [0, 0.05) is 51.8 Å². The number of ether oxygens (including phenoxy) is 1. The minimum absolute atomic E-state index is 0.267. The highest BCUT2D eigenvalue weighted by molar-refractivity contribution is 5.76. The molecule has 2 aliphatic heterocycles. The SMILES string of the molecule is CCCC(=O)N1CCN(c2cc(N3CCOCC3)ncn2)CC1. The van der Waals surface area contributed by atoms with Crippen LogP contribution in [-0.4, -0.2) is 73.3 Å². The van der Waals surface area contributed by atoms with Crippen molar-refractivity contribution in [3.8, 4) is 0 Å². The number of morpholine rings is 1. The number of nitrogens with zero attached hydrogens (tertiary/aromatic N) is 5. The van der Waals surface area contributed by atoms with Crippen LogP contribution < -0.4 is 9.80 Å². The van der Waals surface area contributed by atoms with Crippen molar-refractivity contribution in [2.75, 3.05) is 62.3 Å². The Morgan fingerprint density at radius 3 is 2.26 bits per heavy atom. The first-order valence-electron chi connectivity index (χ1n) is 8.45. The highest BCUT2D eigenvalue weighted by atomic mass is 16.5. The first kappa shape index (κ1) is 16.0. The smallest absolute Gasteiger partial charge is 0.222 e. The van der Waals surface area contributed by atoms with E-state index in [9.17, 15) is 4.79 Å².